The van der Waals surface area contributed by atoms with Crippen molar-refractivity contribution < 1.29 is 4.79 Å². The maximum atomic E-state index is 11.9. The van der Waals surface area contributed by atoms with Gasteiger partial charge in [-0.15, -0.1) is 22.7 Å². The average molecular weight is 302 g/mol. The second kappa shape index (κ2) is 5.81. The van der Waals surface area contributed by atoms with Crippen LogP contribution in [0.4, 0.5) is 0 Å². The summed E-state index contributed by atoms with van der Waals surface area (Å²) in [5.74, 6) is -0.336. The van der Waals surface area contributed by atoms with Gasteiger partial charge in [-0.2, -0.15) is 10.2 Å². The average Bonchev–Trinajstić information content (AvgIpc) is 3.20. The van der Waals surface area contributed by atoms with Crippen molar-refractivity contribution in [2.75, 3.05) is 0 Å². The Morgan fingerprint density at radius 2 is 2.15 bits per heavy atom. The summed E-state index contributed by atoms with van der Waals surface area (Å²) in [6.07, 6.45) is 1.61. The summed E-state index contributed by atoms with van der Waals surface area (Å²) in [6, 6.07) is 9.47. The van der Waals surface area contributed by atoms with Crippen LogP contribution in [-0.4, -0.2) is 22.3 Å². The van der Waals surface area contributed by atoms with Crippen molar-refractivity contribution in [1.29, 1.82) is 0 Å². The van der Waals surface area contributed by atoms with Crippen LogP contribution in [0.2, 0.25) is 0 Å². The van der Waals surface area contributed by atoms with Crippen molar-refractivity contribution in [1.82, 2.24) is 15.6 Å². The van der Waals surface area contributed by atoms with Crippen LogP contribution < -0.4 is 5.43 Å². The minimum absolute atomic E-state index is 0.316. The second-order valence-electron chi connectivity index (χ2n) is 3.86. The molecule has 20 heavy (non-hydrogen) atoms. The van der Waals surface area contributed by atoms with Gasteiger partial charge in [-0.25, -0.2) is 5.43 Å². The molecule has 0 spiro atoms. The van der Waals surface area contributed by atoms with Crippen LogP contribution in [-0.2, 0) is 0 Å². The zero-order chi connectivity index (χ0) is 13.8. The van der Waals surface area contributed by atoms with E-state index in [1.807, 2.05) is 35.0 Å². The number of amides is 1. The molecule has 0 radical (unpaired) electrons. The van der Waals surface area contributed by atoms with Crippen molar-refractivity contribution in [3.8, 4) is 10.6 Å². The van der Waals surface area contributed by atoms with Gasteiger partial charge in [0.05, 0.1) is 16.8 Å². The number of carbonyl (C=O) groups excluding carboxylic acids is 1. The molecule has 0 unspecified atom stereocenters. The summed E-state index contributed by atoms with van der Waals surface area (Å²) in [6.45, 7) is 0. The minimum atomic E-state index is -0.336. The first-order chi connectivity index (χ1) is 9.83. The molecule has 2 N–H and O–H groups in total. The van der Waals surface area contributed by atoms with E-state index < -0.39 is 0 Å². The Morgan fingerprint density at radius 1 is 1.30 bits per heavy atom. The van der Waals surface area contributed by atoms with Crippen molar-refractivity contribution in [3.05, 3.63) is 51.7 Å². The normalized spacial score (nSPS) is 11.0. The number of nitrogens with one attached hydrogen (secondary N) is 2. The molecule has 0 aromatic carbocycles. The molecule has 3 aromatic heterocycles. The second-order valence-corrected chi connectivity index (χ2v) is 5.79. The quantitative estimate of drug-likeness (QED) is 0.574. The minimum Gasteiger partial charge on any atom is -0.276 e. The summed E-state index contributed by atoms with van der Waals surface area (Å²) in [5, 5.41) is 14.6. The van der Waals surface area contributed by atoms with Gasteiger partial charge in [-0.05, 0) is 29.0 Å². The number of nitrogens with zero attached hydrogens (tertiary/aromatic N) is 2. The number of hydrazone groups is 1. The van der Waals surface area contributed by atoms with Gasteiger partial charge < -0.3 is 0 Å². The fourth-order valence-electron chi connectivity index (χ4n) is 1.57. The van der Waals surface area contributed by atoms with Gasteiger partial charge in [0, 0.05) is 4.88 Å². The standard InChI is InChI=1S/C13H10N4OS2/c18-13(17-14-8-9-3-1-5-19-9)11-7-10(15-16-11)12-4-2-6-20-12/h1-8H,(H,15,16)(H,17,18)/b14-8-. The Balaban J connectivity index is 1.66. The molecule has 0 aliphatic rings. The molecule has 3 heterocycles. The highest BCUT2D eigenvalue weighted by Gasteiger charge is 2.10. The van der Waals surface area contributed by atoms with E-state index in [4.69, 9.17) is 0 Å². The van der Waals surface area contributed by atoms with Crippen LogP contribution in [0, 0.1) is 0 Å². The third-order valence-corrected chi connectivity index (χ3v) is 4.21. The zero-order valence-corrected chi connectivity index (χ0v) is 11.9. The van der Waals surface area contributed by atoms with Crippen LogP contribution >= 0.6 is 22.7 Å². The number of hydrogen-bond donors (Lipinski definition) is 2. The third-order valence-electron chi connectivity index (χ3n) is 2.50. The van der Waals surface area contributed by atoms with Crippen LogP contribution in [0.15, 0.2) is 46.2 Å². The molecular formula is C13H10N4OS2. The molecule has 5 nitrogen and oxygen atoms in total. The molecule has 0 atom stereocenters. The van der Waals surface area contributed by atoms with E-state index in [1.54, 1.807) is 35.0 Å². The Morgan fingerprint density at radius 3 is 2.90 bits per heavy atom. The van der Waals surface area contributed by atoms with Crippen LogP contribution in [0.1, 0.15) is 15.4 Å². The molecule has 3 rings (SSSR count). The van der Waals surface area contributed by atoms with Crippen LogP contribution in [0.25, 0.3) is 10.6 Å². The van der Waals surface area contributed by atoms with E-state index >= 15 is 0 Å². The lowest BCUT2D eigenvalue weighted by atomic mass is 10.3. The van der Waals surface area contributed by atoms with Crippen LogP contribution in [0.5, 0.6) is 0 Å². The van der Waals surface area contributed by atoms with Gasteiger partial charge in [0.1, 0.15) is 0 Å². The number of H-pyrrole nitrogens is 1. The molecule has 7 heteroatoms. The molecule has 0 aliphatic carbocycles. The maximum Gasteiger partial charge on any atom is 0.291 e. The summed E-state index contributed by atoms with van der Waals surface area (Å²) in [5.41, 5.74) is 3.60. The predicted octanol–water partition coefficient (Wildman–Crippen LogP) is 2.96. The Hall–Kier alpha value is -2.25. The Kier molecular flexibility index (Phi) is 3.71. The van der Waals surface area contributed by atoms with Crippen molar-refractivity contribution in [2.24, 2.45) is 5.10 Å². The van der Waals surface area contributed by atoms with E-state index in [2.05, 4.69) is 20.7 Å². The highest BCUT2D eigenvalue weighted by Crippen LogP contribution is 2.22. The van der Waals surface area contributed by atoms with Crippen molar-refractivity contribution >= 4 is 34.8 Å². The van der Waals surface area contributed by atoms with E-state index in [1.165, 1.54) is 0 Å². The molecule has 1 amide bonds. The number of aromatic amines is 1. The van der Waals surface area contributed by atoms with Crippen molar-refractivity contribution in [3.63, 3.8) is 0 Å². The Labute approximate surface area is 123 Å². The summed E-state index contributed by atoms with van der Waals surface area (Å²) >= 11 is 3.14. The lowest BCUT2D eigenvalue weighted by molar-refractivity contribution is 0.0950. The molecule has 3 aromatic rings. The molecule has 0 aliphatic heterocycles. The van der Waals surface area contributed by atoms with E-state index in [9.17, 15) is 4.79 Å². The molecule has 0 saturated carbocycles. The largest absolute Gasteiger partial charge is 0.291 e. The topological polar surface area (TPSA) is 70.1 Å². The van der Waals surface area contributed by atoms with Gasteiger partial charge in [-0.1, -0.05) is 12.1 Å². The summed E-state index contributed by atoms with van der Waals surface area (Å²) in [4.78, 5) is 13.9. The number of hydrogen-bond acceptors (Lipinski definition) is 5. The Bertz CT molecular complexity index is 713. The van der Waals surface area contributed by atoms with E-state index in [-0.39, 0.29) is 5.91 Å². The lowest BCUT2D eigenvalue weighted by Gasteiger charge is -1.93. The van der Waals surface area contributed by atoms with Crippen molar-refractivity contribution in [2.45, 2.75) is 0 Å². The van der Waals surface area contributed by atoms with Gasteiger partial charge in [-0.3, -0.25) is 9.89 Å². The van der Waals surface area contributed by atoms with Gasteiger partial charge in [0.25, 0.3) is 5.91 Å². The van der Waals surface area contributed by atoms with Gasteiger partial charge in [0.2, 0.25) is 0 Å². The summed E-state index contributed by atoms with van der Waals surface area (Å²) in [7, 11) is 0. The third kappa shape index (κ3) is 2.84. The smallest absolute Gasteiger partial charge is 0.276 e. The highest BCUT2D eigenvalue weighted by atomic mass is 32.1. The predicted molar refractivity (Wildman–Crippen MR) is 81.3 cm³/mol. The van der Waals surface area contributed by atoms with E-state index in [0.717, 1.165) is 15.4 Å². The highest BCUT2D eigenvalue weighted by molar-refractivity contribution is 7.13. The van der Waals surface area contributed by atoms with Crippen LogP contribution in [0.3, 0.4) is 0 Å². The molecule has 0 fully saturated rings. The summed E-state index contributed by atoms with van der Waals surface area (Å²) < 4.78 is 0. The number of carbonyl (C=O) groups is 1. The lowest BCUT2D eigenvalue weighted by Crippen LogP contribution is -2.17. The maximum absolute atomic E-state index is 11.9. The van der Waals surface area contributed by atoms with E-state index in [0.29, 0.717) is 5.69 Å². The molecule has 0 bridgehead atoms. The van der Waals surface area contributed by atoms with Gasteiger partial charge in [0.15, 0.2) is 5.69 Å². The first kappa shape index (κ1) is 12.8. The molecule has 100 valence electrons. The molecular weight excluding hydrogens is 292 g/mol. The fraction of sp³-hybridized carbons (Fsp3) is 0. The SMILES string of the molecule is O=C(N/N=C\c1cccs1)c1cc(-c2cccs2)[nH]n1. The fourth-order valence-corrected chi connectivity index (χ4v) is 2.85. The number of thiophene rings is 2. The first-order valence-electron chi connectivity index (χ1n) is 5.79. The first-order valence-corrected chi connectivity index (χ1v) is 7.55. The zero-order valence-electron chi connectivity index (χ0n) is 10.2. The molecule has 0 saturated heterocycles. The number of aromatic nitrogens is 2. The van der Waals surface area contributed by atoms with Gasteiger partial charge >= 0.3 is 0 Å². The monoisotopic (exact) mass is 302 g/mol. The number of rotatable bonds is 4.